The second-order valence-electron chi connectivity index (χ2n) is 7.39. The van der Waals surface area contributed by atoms with E-state index in [4.69, 9.17) is 9.73 Å². The molecule has 0 radical (unpaired) electrons. The number of hydrogen-bond acceptors (Lipinski definition) is 4. The van der Waals surface area contributed by atoms with Gasteiger partial charge in [-0.05, 0) is 51.0 Å². The van der Waals surface area contributed by atoms with Crippen LogP contribution in [0.15, 0.2) is 35.3 Å². The van der Waals surface area contributed by atoms with Gasteiger partial charge in [0.15, 0.2) is 5.96 Å². The highest BCUT2D eigenvalue weighted by atomic mass is 127. The maximum atomic E-state index is 5.43. The molecule has 30 heavy (non-hydrogen) atoms. The second kappa shape index (κ2) is 12.8. The van der Waals surface area contributed by atoms with Crippen LogP contribution in [0, 0.1) is 13.8 Å². The van der Waals surface area contributed by atoms with Crippen molar-refractivity contribution in [2.24, 2.45) is 4.99 Å². The molecule has 0 bridgehead atoms. The lowest BCUT2D eigenvalue weighted by Crippen LogP contribution is -2.38. The van der Waals surface area contributed by atoms with E-state index >= 15 is 0 Å². The summed E-state index contributed by atoms with van der Waals surface area (Å²) in [6.45, 7) is 13.0. The molecule has 1 fully saturated rings. The summed E-state index contributed by atoms with van der Waals surface area (Å²) in [6, 6.07) is 10.8. The van der Waals surface area contributed by atoms with Gasteiger partial charge in [-0.1, -0.05) is 12.1 Å². The number of morpholine rings is 1. The average Bonchev–Trinajstić information content (AvgIpc) is 3.07. The van der Waals surface area contributed by atoms with Crippen molar-refractivity contribution in [3.63, 3.8) is 0 Å². The first-order chi connectivity index (χ1) is 14.2. The molecule has 7 nitrogen and oxygen atoms in total. The molecule has 0 unspecified atom stereocenters. The fourth-order valence-electron chi connectivity index (χ4n) is 3.48. The van der Waals surface area contributed by atoms with Gasteiger partial charge in [-0.3, -0.25) is 4.68 Å². The third-order valence-electron chi connectivity index (χ3n) is 5.02. The van der Waals surface area contributed by atoms with E-state index in [0.717, 1.165) is 64.0 Å². The van der Waals surface area contributed by atoms with Gasteiger partial charge in [0.25, 0.3) is 0 Å². The summed E-state index contributed by atoms with van der Waals surface area (Å²) < 4.78 is 7.49. The van der Waals surface area contributed by atoms with Gasteiger partial charge in [-0.2, -0.15) is 5.10 Å². The number of benzene rings is 1. The molecule has 2 N–H and O–H groups in total. The molecule has 2 heterocycles. The molecule has 3 rings (SSSR count). The first-order valence-corrected chi connectivity index (χ1v) is 10.6. The van der Waals surface area contributed by atoms with E-state index < -0.39 is 0 Å². The van der Waals surface area contributed by atoms with E-state index in [1.165, 1.54) is 16.9 Å². The molecule has 1 aromatic heterocycles. The quantitative estimate of drug-likeness (QED) is 0.240. The maximum Gasteiger partial charge on any atom is 0.191 e. The summed E-state index contributed by atoms with van der Waals surface area (Å²) in [4.78, 5) is 7.10. The number of halogens is 1. The average molecular weight is 526 g/mol. The Bertz CT molecular complexity index is 783. The molecule has 0 aliphatic carbocycles. The summed E-state index contributed by atoms with van der Waals surface area (Å²) in [5.41, 5.74) is 4.76. The Hall–Kier alpha value is -1.81. The molecule has 2 aromatic rings. The minimum atomic E-state index is 0. The van der Waals surface area contributed by atoms with E-state index in [1.807, 2.05) is 6.92 Å². The van der Waals surface area contributed by atoms with Crippen LogP contribution < -0.4 is 15.5 Å². The number of guanidine groups is 1. The number of aryl methyl sites for hydroxylation is 3. The van der Waals surface area contributed by atoms with Crippen LogP contribution in [0.1, 0.15) is 30.3 Å². The predicted molar refractivity (Wildman–Crippen MR) is 134 cm³/mol. The molecular formula is C22H35IN6O. The molecule has 0 atom stereocenters. The third-order valence-corrected chi connectivity index (χ3v) is 5.02. The van der Waals surface area contributed by atoms with Gasteiger partial charge >= 0.3 is 0 Å². The van der Waals surface area contributed by atoms with Crippen LogP contribution in [0.2, 0.25) is 0 Å². The van der Waals surface area contributed by atoms with E-state index in [1.54, 1.807) is 0 Å². The van der Waals surface area contributed by atoms with Crippen LogP contribution in [0.5, 0.6) is 0 Å². The van der Waals surface area contributed by atoms with E-state index in [-0.39, 0.29) is 24.0 Å². The molecule has 0 saturated carbocycles. The fourth-order valence-corrected chi connectivity index (χ4v) is 3.48. The lowest BCUT2D eigenvalue weighted by molar-refractivity contribution is 0.122. The standard InChI is InChI=1S/C22H34N6O.HI/c1-4-23-22(24-10-5-11-28-19(3)16-18(2)26-28)25-17-20-6-8-21(9-7-20)27-12-14-29-15-13-27;/h6-9,16H,4-5,10-15,17H2,1-3H3,(H2,23,24,25);1H. The third kappa shape index (κ3) is 7.46. The summed E-state index contributed by atoms with van der Waals surface area (Å²) in [7, 11) is 0. The second-order valence-corrected chi connectivity index (χ2v) is 7.39. The monoisotopic (exact) mass is 526 g/mol. The molecule has 1 aliphatic heterocycles. The molecule has 0 amide bonds. The highest BCUT2D eigenvalue weighted by Gasteiger charge is 2.10. The molecule has 8 heteroatoms. The zero-order valence-corrected chi connectivity index (χ0v) is 20.7. The summed E-state index contributed by atoms with van der Waals surface area (Å²) in [6.07, 6.45) is 1.00. The lowest BCUT2D eigenvalue weighted by Gasteiger charge is -2.28. The van der Waals surface area contributed by atoms with Crippen molar-refractivity contribution in [1.82, 2.24) is 20.4 Å². The van der Waals surface area contributed by atoms with Crippen molar-refractivity contribution < 1.29 is 4.74 Å². The van der Waals surface area contributed by atoms with Gasteiger partial charge < -0.3 is 20.3 Å². The summed E-state index contributed by atoms with van der Waals surface area (Å²) in [5, 5.41) is 11.3. The van der Waals surface area contributed by atoms with Crippen molar-refractivity contribution in [2.45, 2.75) is 40.3 Å². The summed E-state index contributed by atoms with van der Waals surface area (Å²) in [5.74, 6) is 0.859. The Morgan fingerprint density at radius 3 is 2.50 bits per heavy atom. The van der Waals surface area contributed by atoms with Crippen molar-refractivity contribution in [1.29, 1.82) is 0 Å². The number of rotatable bonds is 8. The Morgan fingerprint density at radius 1 is 1.13 bits per heavy atom. The van der Waals surface area contributed by atoms with Gasteiger partial charge in [-0.25, -0.2) is 4.99 Å². The molecule has 1 aliphatic rings. The minimum Gasteiger partial charge on any atom is -0.378 e. The summed E-state index contributed by atoms with van der Waals surface area (Å²) >= 11 is 0. The van der Waals surface area contributed by atoms with Crippen LogP contribution in [-0.4, -0.2) is 55.1 Å². The Labute approximate surface area is 197 Å². The smallest absolute Gasteiger partial charge is 0.191 e. The lowest BCUT2D eigenvalue weighted by atomic mass is 10.2. The Balaban J connectivity index is 0.00000320. The number of nitrogens with zero attached hydrogens (tertiary/aromatic N) is 4. The SMILES string of the molecule is CCNC(=NCc1ccc(N2CCOCC2)cc1)NCCCn1nc(C)cc1C.I. The maximum absolute atomic E-state index is 5.43. The van der Waals surface area contributed by atoms with Crippen LogP contribution >= 0.6 is 24.0 Å². The molecule has 0 spiro atoms. The van der Waals surface area contributed by atoms with E-state index in [0.29, 0.717) is 6.54 Å². The van der Waals surface area contributed by atoms with Crippen LogP contribution in [0.4, 0.5) is 5.69 Å². The number of nitrogens with one attached hydrogen (secondary N) is 2. The predicted octanol–water partition coefficient (Wildman–Crippen LogP) is 3.10. The van der Waals surface area contributed by atoms with Gasteiger partial charge in [-0.15, -0.1) is 24.0 Å². The zero-order valence-electron chi connectivity index (χ0n) is 18.4. The van der Waals surface area contributed by atoms with E-state index in [9.17, 15) is 0 Å². The van der Waals surface area contributed by atoms with Gasteiger partial charge in [0.2, 0.25) is 0 Å². The van der Waals surface area contributed by atoms with Gasteiger partial charge in [0, 0.05) is 44.1 Å². The molecular weight excluding hydrogens is 491 g/mol. The highest BCUT2D eigenvalue weighted by molar-refractivity contribution is 14.0. The highest BCUT2D eigenvalue weighted by Crippen LogP contribution is 2.17. The van der Waals surface area contributed by atoms with Crippen molar-refractivity contribution in [3.05, 3.63) is 47.3 Å². The van der Waals surface area contributed by atoms with Crippen LogP contribution in [0.25, 0.3) is 0 Å². The van der Waals surface area contributed by atoms with Crippen molar-refractivity contribution in [2.75, 3.05) is 44.3 Å². The van der Waals surface area contributed by atoms with Crippen LogP contribution in [0.3, 0.4) is 0 Å². The van der Waals surface area contributed by atoms with Crippen molar-refractivity contribution >= 4 is 35.6 Å². The van der Waals surface area contributed by atoms with Crippen LogP contribution in [-0.2, 0) is 17.8 Å². The molecule has 166 valence electrons. The first-order valence-electron chi connectivity index (χ1n) is 10.6. The number of aromatic nitrogens is 2. The molecule has 1 aromatic carbocycles. The van der Waals surface area contributed by atoms with E-state index in [2.05, 4.69) is 69.5 Å². The van der Waals surface area contributed by atoms with Gasteiger partial charge in [0.05, 0.1) is 25.5 Å². The normalized spacial score (nSPS) is 14.4. The number of aliphatic imine (C=N–C) groups is 1. The number of hydrogen-bond donors (Lipinski definition) is 2. The molecule has 1 saturated heterocycles. The topological polar surface area (TPSA) is 66.7 Å². The van der Waals surface area contributed by atoms with Crippen molar-refractivity contribution in [3.8, 4) is 0 Å². The Kier molecular flexibility index (Phi) is 10.4. The fraction of sp³-hybridized carbons (Fsp3) is 0.545. The largest absolute Gasteiger partial charge is 0.378 e. The minimum absolute atomic E-state index is 0. The number of anilines is 1. The number of ether oxygens (including phenoxy) is 1. The zero-order chi connectivity index (χ0) is 20.5. The van der Waals surface area contributed by atoms with Gasteiger partial charge in [0.1, 0.15) is 0 Å². The first kappa shape index (κ1) is 24.5. The Morgan fingerprint density at radius 2 is 1.87 bits per heavy atom.